The Morgan fingerprint density at radius 1 is 1.19 bits per heavy atom. The van der Waals surface area contributed by atoms with E-state index in [1.54, 1.807) is 0 Å². The van der Waals surface area contributed by atoms with Gasteiger partial charge in [-0.3, -0.25) is 4.79 Å². The van der Waals surface area contributed by atoms with Gasteiger partial charge in [0.05, 0.1) is 18.4 Å². The van der Waals surface area contributed by atoms with Crippen LogP contribution in [0.5, 0.6) is 0 Å². The first-order valence-corrected chi connectivity index (χ1v) is 7.39. The second-order valence-electron chi connectivity index (χ2n) is 4.67. The molecule has 1 N–H and O–H groups in total. The van der Waals surface area contributed by atoms with Gasteiger partial charge in [0.1, 0.15) is 0 Å². The maximum atomic E-state index is 10.9. The van der Waals surface area contributed by atoms with Crippen molar-refractivity contribution in [1.82, 2.24) is 0 Å². The van der Waals surface area contributed by atoms with E-state index in [1.165, 1.54) is 11.8 Å². The molecule has 0 amide bonds. The summed E-state index contributed by atoms with van der Waals surface area (Å²) < 4.78 is 0. The SMILES string of the molecule is CC(C#N)c1ccccc1Sc1ccccc1CC(=O)O. The van der Waals surface area contributed by atoms with Gasteiger partial charge in [0, 0.05) is 9.79 Å². The zero-order valence-corrected chi connectivity index (χ0v) is 12.4. The second kappa shape index (κ2) is 6.96. The van der Waals surface area contributed by atoms with Crippen molar-refractivity contribution in [3.05, 3.63) is 59.7 Å². The highest BCUT2D eigenvalue weighted by Gasteiger charge is 2.13. The minimum Gasteiger partial charge on any atom is -0.481 e. The van der Waals surface area contributed by atoms with Crippen molar-refractivity contribution >= 4 is 17.7 Å². The van der Waals surface area contributed by atoms with E-state index < -0.39 is 5.97 Å². The third-order valence-corrected chi connectivity index (χ3v) is 4.32. The average molecular weight is 297 g/mol. The number of carbonyl (C=O) groups is 1. The van der Waals surface area contributed by atoms with Gasteiger partial charge in [0.2, 0.25) is 0 Å². The largest absolute Gasteiger partial charge is 0.481 e. The molecule has 0 aliphatic heterocycles. The molecule has 0 spiro atoms. The number of hydrogen-bond acceptors (Lipinski definition) is 3. The fourth-order valence-electron chi connectivity index (χ4n) is 2.03. The first-order chi connectivity index (χ1) is 10.1. The van der Waals surface area contributed by atoms with Crippen molar-refractivity contribution in [3.8, 4) is 6.07 Å². The molecule has 0 fully saturated rings. The summed E-state index contributed by atoms with van der Waals surface area (Å²) in [5.41, 5.74) is 1.75. The summed E-state index contributed by atoms with van der Waals surface area (Å²) in [6, 6.07) is 17.5. The van der Waals surface area contributed by atoms with Crippen LogP contribution in [0.3, 0.4) is 0 Å². The predicted molar refractivity (Wildman–Crippen MR) is 82.4 cm³/mol. The number of nitrogens with zero attached hydrogens (tertiary/aromatic N) is 1. The fraction of sp³-hybridized carbons (Fsp3) is 0.176. The van der Waals surface area contributed by atoms with Crippen molar-refractivity contribution < 1.29 is 9.90 Å². The smallest absolute Gasteiger partial charge is 0.307 e. The molecule has 21 heavy (non-hydrogen) atoms. The lowest BCUT2D eigenvalue weighted by molar-refractivity contribution is -0.136. The Morgan fingerprint density at radius 3 is 2.48 bits per heavy atom. The van der Waals surface area contributed by atoms with E-state index in [0.717, 1.165) is 20.9 Å². The maximum absolute atomic E-state index is 10.9. The lowest BCUT2D eigenvalue weighted by Crippen LogP contribution is -2.01. The number of nitriles is 1. The maximum Gasteiger partial charge on any atom is 0.307 e. The molecule has 0 aromatic heterocycles. The molecule has 0 heterocycles. The number of carboxylic acids is 1. The predicted octanol–water partition coefficient (Wildman–Crippen LogP) is 4.09. The summed E-state index contributed by atoms with van der Waals surface area (Å²) in [5, 5.41) is 18.1. The monoisotopic (exact) mass is 297 g/mol. The summed E-state index contributed by atoms with van der Waals surface area (Å²) in [6.45, 7) is 1.86. The molecule has 0 saturated heterocycles. The average Bonchev–Trinajstić information content (AvgIpc) is 2.48. The van der Waals surface area contributed by atoms with Crippen molar-refractivity contribution in [2.24, 2.45) is 0 Å². The van der Waals surface area contributed by atoms with Crippen LogP contribution in [0.4, 0.5) is 0 Å². The van der Waals surface area contributed by atoms with Crippen LogP contribution in [0.1, 0.15) is 24.0 Å². The van der Waals surface area contributed by atoms with Gasteiger partial charge in [-0.2, -0.15) is 5.26 Å². The van der Waals surface area contributed by atoms with Crippen LogP contribution in [0.15, 0.2) is 58.3 Å². The van der Waals surface area contributed by atoms with Crippen LogP contribution in [-0.4, -0.2) is 11.1 Å². The van der Waals surface area contributed by atoms with Gasteiger partial charge < -0.3 is 5.11 Å². The molecule has 2 aromatic rings. The van der Waals surface area contributed by atoms with Gasteiger partial charge >= 0.3 is 5.97 Å². The van der Waals surface area contributed by atoms with E-state index in [-0.39, 0.29) is 12.3 Å². The Bertz CT molecular complexity index is 691. The first-order valence-electron chi connectivity index (χ1n) is 6.58. The highest BCUT2D eigenvalue weighted by atomic mass is 32.2. The molecule has 0 aliphatic rings. The quantitative estimate of drug-likeness (QED) is 0.903. The van der Waals surface area contributed by atoms with Gasteiger partial charge in [-0.15, -0.1) is 0 Å². The topological polar surface area (TPSA) is 61.1 Å². The van der Waals surface area contributed by atoms with E-state index in [4.69, 9.17) is 10.4 Å². The van der Waals surface area contributed by atoms with Crippen LogP contribution < -0.4 is 0 Å². The van der Waals surface area contributed by atoms with Crippen LogP contribution in [0.25, 0.3) is 0 Å². The molecule has 2 rings (SSSR count). The number of benzene rings is 2. The Kier molecular flexibility index (Phi) is 5.02. The van der Waals surface area contributed by atoms with Crippen LogP contribution in [0.2, 0.25) is 0 Å². The molecule has 0 aliphatic carbocycles. The van der Waals surface area contributed by atoms with Gasteiger partial charge in [-0.25, -0.2) is 0 Å². The minimum absolute atomic E-state index is 0.000849. The fourth-order valence-corrected chi connectivity index (χ4v) is 3.20. The number of carboxylic acid groups (broad SMARTS) is 1. The zero-order valence-electron chi connectivity index (χ0n) is 11.6. The Labute approximate surface area is 128 Å². The summed E-state index contributed by atoms with van der Waals surface area (Å²) in [5.74, 6) is -1.04. The normalized spacial score (nSPS) is 11.6. The van der Waals surface area contributed by atoms with Crippen LogP contribution in [0, 0.1) is 11.3 Å². The molecule has 0 bridgehead atoms. The van der Waals surface area contributed by atoms with E-state index >= 15 is 0 Å². The van der Waals surface area contributed by atoms with Crippen molar-refractivity contribution in [2.75, 3.05) is 0 Å². The summed E-state index contributed by atoms with van der Waals surface area (Å²) in [6.07, 6.45) is -0.000849. The minimum atomic E-state index is -0.846. The zero-order chi connectivity index (χ0) is 15.2. The molecule has 1 atom stereocenters. The van der Waals surface area contributed by atoms with Crippen LogP contribution in [-0.2, 0) is 11.2 Å². The van der Waals surface area contributed by atoms with Crippen molar-refractivity contribution in [3.63, 3.8) is 0 Å². The standard InChI is InChI=1S/C17H15NO2S/c1-12(11-18)14-7-3-5-9-16(14)21-15-8-4-2-6-13(15)10-17(19)20/h2-9,12H,10H2,1H3,(H,19,20). The third-order valence-electron chi connectivity index (χ3n) is 3.11. The Hall–Kier alpha value is -2.25. The van der Waals surface area contributed by atoms with Crippen molar-refractivity contribution in [1.29, 1.82) is 5.26 Å². The molecular formula is C17H15NO2S. The Morgan fingerprint density at radius 2 is 1.81 bits per heavy atom. The van der Waals surface area contributed by atoms with Gasteiger partial charge in [0.25, 0.3) is 0 Å². The van der Waals surface area contributed by atoms with E-state index in [1.807, 2.05) is 55.5 Å². The van der Waals surface area contributed by atoms with Crippen molar-refractivity contribution in [2.45, 2.75) is 29.1 Å². The number of rotatable bonds is 5. The highest BCUT2D eigenvalue weighted by molar-refractivity contribution is 7.99. The third kappa shape index (κ3) is 3.87. The van der Waals surface area contributed by atoms with E-state index in [9.17, 15) is 4.79 Å². The molecule has 2 aromatic carbocycles. The summed E-state index contributed by atoms with van der Waals surface area (Å²) in [7, 11) is 0. The molecule has 3 nitrogen and oxygen atoms in total. The lowest BCUT2D eigenvalue weighted by Gasteiger charge is -2.12. The van der Waals surface area contributed by atoms with E-state index in [2.05, 4.69) is 6.07 Å². The van der Waals surface area contributed by atoms with Crippen LogP contribution >= 0.6 is 11.8 Å². The first kappa shape index (κ1) is 15.1. The molecule has 0 saturated carbocycles. The van der Waals surface area contributed by atoms with Gasteiger partial charge in [-0.05, 0) is 30.2 Å². The molecule has 1 unspecified atom stereocenters. The second-order valence-corrected chi connectivity index (χ2v) is 5.75. The number of hydrogen-bond donors (Lipinski definition) is 1. The summed E-state index contributed by atoms with van der Waals surface area (Å²) >= 11 is 1.51. The number of aliphatic carboxylic acids is 1. The highest BCUT2D eigenvalue weighted by Crippen LogP contribution is 2.35. The lowest BCUT2D eigenvalue weighted by atomic mass is 10.0. The van der Waals surface area contributed by atoms with Gasteiger partial charge in [0.15, 0.2) is 0 Å². The van der Waals surface area contributed by atoms with Gasteiger partial charge in [-0.1, -0.05) is 48.2 Å². The molecule has 4 heteroatoms. The van der Waals surface area contributed by atoms with E-state index in [0.29, 0.717) is 0 Å². The molecular weight excluding hydrogens is 282 g/mol. The molecule has 0 radical (unpaired) electrons. The summed E-state index contributed by atoms with van der Waals surface area (Å²) in [4.78, 5) is 12.8. The molecule has 106 valence electrons. The Balaban J connectivity index is 2.35.